The molecule has 2 amide bonds. The number of rotatable bonds is 8. The minimum absolute atomic E-state index is 0.0296. The zero-order valence-electron chi connectivity index (χ0n) is 16.1. The second kappa shape index (κ2) is 10.3. The third-order valence-electron chi connectivity index (χ3n) is 5.72. The Morgan fingerprint density at radius 1 is 1.23 bits per heavy atom. The van der Waals surface area contributed by atoms with Gasteiger partial charge in [-0.25, -0.2) is 4.79 Å². The number of carbonyl (C=O) groups is 1. The third kappa shape index (κ3) is 5.96. The predicted octanol–water partition coefficient (Wildman–Crippen LogP) is 3.31. The van der Waals surface area contributed by atoms with Crippen LogP contribution >= 0.6 is 11.3 Å². The van der Waals surface area contributed by atoms with Crippen molar-refractivity contribution in [2.45, 2.75) is 45.1 Å². The van der Waals surface area contributed by atoms with E-state index < -0.39 is 0 Å². The Labute approximate surface area is 162 Å². The Morgan fingerprint density at radius 3 is 2.69 bits per heavy atom. The first kappa shape index (κ1) is 19.6. The van der Waals surface area contributed by atoms with Crippen LogP contribution in [0.4, 0.5) is 4.79 Å². The number of amides is 2. The van der Waals surface area contributed by atoms with Crippen molar-refractivity contribution in [2.75, 3.05) is 45.8 Å². The molecule has 0 aromatic carbocycles. The van der Waals surface area contributed by atoms with Gasteiger partial charge < -0.3 is 15.5 Å². The first-order valence-electron chi connectivity index (χ1n) is 10.2. The highest BCUT2D eigenvalue weighted by atomic mass is 32.1. The molecule has 0 spiro atoms. The smallest absolute Gasteiger partial charge is 0.314 e. The first-order chi connectivity index (χ1) is 12.7. The van der Waals surface area contributed by atoms with Crippen molar-refractivity contribution in [3.63, 3.8) is 0 Å². The lowest BCUT2D eigenvalue weighted by Crippen LogP contribution is -2.42. The highest BCUT2D eigenvalue weighted by Crippen LogP contribution is 2.27. The monoisotopic (exact) mass is 378 g/mol. The van der Waals surface area contributed by atoms with E-state index in [0.717, 1.165) is 38.5 Å². The van der Waals surface area contributed by atoms with Gasteiger partial charge in [-0.05, 0) is 82.2 Å². The molecule has 146 valence electrons. The summed E-state index contributed by atoms with van der Waals surface area (Å²) < 4.78 is 0. The van der Waals surface area contributed by atoms with Gasteiger partial charge in [-0.2, -0.15) is 0 Å². The molecule has 6 heteroatoms. The topological polar surface area (TPSA) is 47.6 Å². The van der Waals surface area contributed by atoms with Crippen LogP contribution in [-0.2, 0) is 0 Å². The van der Waals surface area contributed by atoms with E-state index in [1.54, 1.807) is 11.3 Å². The van der Waals surface area contributed by atoms with Crippen LogP contribution in [0.25, 0.3) is 0 Å². The normalized spacial score (nSPS) is 21.0. The zero-order chi connectivity index (χ0) is 18.2. The molecule has 26 heavy (non-hydrogen) atoms. The molecule has 1 unspecified atom stereocenters. The molecular weight excluding hydrogens is 344 g/mol. The lowest BCUT2D eigenvalue weighted by atomic mass is 9.99. The highest BCUT2D eigenvalue weighted by molar-refractivity contribution is 7.10. The fourth-order valence-electron chi connectivity index (χ4n) is 3.99. The lowest BCUT2D eigenvalue weighted by molar-refractivity contribution is 0.189. The van der Waals surface area contributed by atoms with Crippen molar-refractivity contribution in [3.05, 3.63) is 22.4 Å². The average Bonchev–Trinajstić information content (AvgIpc) is 3.35. The first-order valence-corrected chi connectivity index (χ1v) is 11.1. The Bertz CT molecular complexity index is 522. The molecule has 0 aliphatic carbocycles. The lowest BCUT2D eigenvalue weighted by Gasteiger charge is -2.30. The summed E-state index contributed by atoms with van der Waals surface area (Å²) >= 11 is 1.79. The molecule has 5 nitrogen and oxygen atoms in total. The van der Waals surface area contributed by atoms with Crippen LogP contribution in [0.2, 0.25) is 0 Å². The van der Waals surface area contributed by atoms with E-state index in [1.807, 2.05) is 0 Å². The maximum atomic E-state index is 12.2. The van der Waals surface area contributed by atoms with Gasteiger partial charge in [0.05, 0.1) is 6.04 Å². The summed E-state index contributed by atoms with van der Waals surface area (Å²) in [5.74, 6) is 0.877. The number of likely N-dealkylation sites (tertiary alicyclic amines) is 2. The predicted molar refractivity (Wildman–Crippen MR) is 109 cm³/mol. The van der Waals surface area contributed by atoms with Crippen LogP contribution in [0.3, 0.4) is 0 Å². The fourth-order valence-corrected chi connectivity index (χ4v) is 4.85. The van der Waals surface area contributed by atoms with E-state index in [0.29, 0.717) is 12.6 Å². The summed E-state index contributed by atoms with van der Waals surface area (Å²) in [5, 5.41) is 8.25. The molecule has 2 aliphatic heterocycles. The molecule has 3 rings (SSSR count). The third-order valence-corrected chi connectivity index (χ3v) is 6.70. The van der Waals surface area contributed by atoms with Crippen molar-refractivity contribution >= 4 is 17.4 Å². The van der Waals surface area contributed by atoms with Gasteiger partial charge in [0, 0.05) is 18.0 Å². The van der Waals surface area contributed by atoms with E-state index in [1.165, 1.54) is 43.6 Å². The number of urea groups is 1. The molecule has 0 saturated carbocycles. The zero-order valence-corrected chi connectivity index (χ0v) is 16.9. The number of piperidine rings is 1. The van der Waals surface area contributed by atoms with Crippen molar-refractivity contribution < 1.29 is 4.79 Å². The molecule has 2 aliphatic rings. The summed E-state index contributed by atoms with van der Waals surface area (Å²) in [4.78, 5) is 18.6. The van der Waals surface area contributed by atoms with E-state index in [4.69, 9.17) is 0 Å². The van der Waals surface area contributed by atoms with E-state index in [9.17, 15) is 4.79 Å². The molecule has 1 aromatic rings. The van der Waals surface area contributed by atoms with Gasteiger partial charge in [0.2, 0.25) is 0 Å². The Morgan fingerprint density at radius 2 is 2.00 bits per heavy atom. The van der Waals surface area contributed by atoms with Gasteiger partial charge in [0.25, 0.3) is 0 Å². The number of hydrogen-bond acceptors (Lipinski definition) is 4. The SMILES string of the molecule is CC1CCN(CCCNC(=O)NCC(c2cccs2)N2CCCC2)CC1. The van der Waals surface area contributed by atoms with Gasteiger partial charge in [0.15, 0.2) is 0 Å². The highest BCUT2D eigenvalue weighted by Gasteiger charge is 2.24. The van der Waals surface area contributed by atoms with Crippen LogP contribution in [-0.4, -0.2) is 61.6 Å². The quantitative estimate of drug-likeness (QED) is 0.682. The molecule has 0 radical (unpaired) electrons. The summed E-state index contributed by atoms with van der Waals surface area (Å²) in [6, 6.07) is 4.58. The van der Waals surface area contributed by atoms with Gasteiger partial charge in [-0.1, -0.05) is 13.0 Å². The molecule has 0 bridgehead atoms. The van der Waals surface area contributed by atoms with Gasteiger partial charge >= 0.3 is 6.03 Å². The maximum Gasteiger partial charge on any atom is 0.314 e. The van der Waals surface area contributed by atoms with Crippen molar-refractivity contribution in [1.29, 1.82) is 0 Å². The Kier molecular flexibility index (Phi) is 7.77. The fraction of sp³-hybridized carbons (Fsp3) is 0.750. The number of hydrogen-bond donors (Lipinski definition) is 2. The van der Waals surface area contributed by atoms with Crippen LogP contribution in [0.15, 0.2) is 17.5 Å². The molecule has 3 heterocycles. The van der Waals surface area contributed by atoms with Crippen LogP contribution in [0, 0.1) is 5.92 Å². The molecular formula is C20H34N4OS. The summed E-state index contributed by atoms with van der Waals surface area (Å²) in [7, 11) is 0. The standard InChI is InChI=1S/C20H34N4OS/c1-17-7-13-23(14-8-17)10-5-9-21-20(25)22-16-18(19-6-4-15-26-19)24-11-2-3-12-24/h4,6,15,17-18H,2-3,5,7-14,16H2,1H3,(H2,21,22,25). The van der Waals surface area contributed by atoms with Crippen LogP contribution < -0.4 is 10.6 Å². The average molecular weight is 379 g/mol. The molecule has 2 fully saturated rings. The number of nitrogens with zero attached hydrogens (tertiary/aromatic N) is 2. The number of thiophene rings is 1. The van der Waals surface area contributed by atoms with Crippen molar-refractivity contribution in [2.24, 2.45) is 5.92 Å². The van der Waals surface area contributed by atoms with Gasteiger partial charge in [-0.3, -0.25) is 4.90 Å². The van der Waals surface area contributed by atoms with Crippen LogP contribution in [0.5, 0.6) is 0 Å². The van der Waals surface area contributed by atoms with Gasteiger partial charge in [0.1, 0.15) is 0 Å². The van der Waals surface area contributed by atoms with E-state index >= 15 is 0 Å². The molecule has 1 aromatic heterocycles. The second-order valence-electron chi connectivity index (χ2n) is 7.79. The van der Waals surface area contributed by atoms with E-state index in [-0.39, 0.29) is 6.03 Å². The minimum Gasteiger partial charge on any atom is -0.338 e. The Hall–Kier alpha value is -1.11. The molecule has 2 saturated heterocycles. The van der Waals surface area contributed by atoms with Crippen molar-refractivity contribution in [1.82, 2.24) is 20.4 Å². The van der Waals surface area contributed by atoms with Crippen LogP contribution in [0.1, 0.15) is 49.9 Å². The molecule has 1 atom stereocenters. The summed E-state index contributed by atoms with van der Waals surface area (Å²) in [6.07, 6.45) is 6.19. The second-order valence-corrected chi connectivity index (χ2v) is 8.77. The minimum atomic E-state index is -0.0296. The van der Waals surface area contributed by atoms with E-state index in [2.05, 4.69) is 44.9 Å². The summed E-state index contributed by atoms with van der Waals surface area (Å²) in [5.41, 5.74) is 0. The van der Waals surface area contributed by atoms with Crippen molar-refractivity contribution in [3.8, 4) is 0 Å². The summed E-state index contributed by atoms with van der Waals surface area (Å²) in [6.45, 7) is 9.59. The van der Waals surface area contributed by atoms with Gasteiger partial charge in [-0.15, -0.1) is 11.3 Å². The molecule has 2 N–H and O–H groups in total. The maximum absolute atomic E-state index is 12.2. The largest absolute Gasteiger partial charge is 0.338 e. The Balaban J connectivity index is 1.33. The number of nitrogens with one attached hydrogen (secondary N) is 2. The number of carbonyl (C=O) groups excluding carboxylic acids is 1.